The molecule has 1 aromatic heterocycles. The number of nitrogens with one attached hydrogen (secondary N) is 1. The Morgan fingerprint density at radius 1 is 1.17 bits per heavy atom. The summed E-state index contributed by atoms with van der Waals surface area (Å²) in [6.07, 6.45) is 4.50. The van der Waals surface area contributed by atoms with Gasteiger partial charge in [-0.15, -0.1) is 11.3 Å². The van der Waals surface area contributed by atoms with Crippen LogP contribution in [0.1, 0.15) is 35.9 Å². The normalized spacial score (nSPS) is 18.8. The van der Waals surface area contributed by atoms with Crippen LogP contribution in [0.25, 0.3) is 0 Å². The smallest absolute Gasteiger partial charge is 0.223 e. The Morgan fingerprint density at radius 2 is 1.93 bits per heavy atom. The first kappa shape index (κ1) is 20.8. The van der Waals surface area contributed by atoms with Gasteiger partial charge in [-0.25, -0.2) is 4.98 Å². The van der Waals surface area contributed by atoms with Crippen molar-refractivity contribution in [2.75, 3.05) is 37.6 Å². The number of piperazine rings is 1. The first-order valence-corrected chi connectivity index (χ1v) is 11.7. The number of amides is 2. The van der Waals surface area contributed by atoms with Crippen molar-refractivity contribution < 1.29 is 9.59 Å². The van der Waals surface area contributed by atoms with Crippen LogP contribution in [0.5, 0.6) is 0 Å². The summed E-state index contributed by atoms with van der Waals surface area (Å²) in [6.45, 7) is 5.53. The van der Waals surface area contributed by atoms with E-state index in [1.54, 1.807) is 18.3 Å². The van der Waals surface area contributed by atoms with Gasteiger partial charge in [-0.2, -0.15) is 0 Å². The highest BCUT2D eigenvalue weighted by Gasteiger charge is 2.29. The van der Waals surface area contributed by atoms with E-state index in [1.165, 1.54) is 10.4 Å². The maximum Gasteiger partial charge on any atom is 0.223 e. The number of anilines is 1. The highest BCUT2D eigenvalue weighted by molar-refractivity contribution is 7.15. The highest BCUT2D eigenvalue weighted by atomic mass is 32.1. The van der Waals surface area contributed by atoms with Crippen LogP contribution in [0.15, 0.2) is 30.3 Å². The number of carbonyl (C=O) groups is 2. The lowest BCUT2D eigenvalue weighted by molar-refractivity contribution is -0.129. The third-order valence-corrected chi connectivity index (χ3v) is 7.26. The monoisotopic (exact) mass is 426 g/mol. The molecular weight excluding hydrogens is 396 g/mol. The molecule has 0 spiro atoms. The van der Waals surface area contributed by atoms with E-state index in [9.17, 15) is 9.59 Å². The number of rotatable bonds is 6. The average molecular weight is 427 g/mol. The number of carbonyl (C=O) groups excluding carboxylic acids is 2. The second-order valence-electron chi connectivity index (χ2n) is 8.18. The van der Waals surface area contributed by atoms with Gasteiger partial charge in [0.1, 0.15) is 0 Å². The summed E-state index contributed by atoms with van der Waals surface area (Å²) in [4.78, 5) is 34.5. The molecule has 1 saturated heterocycles. The Morgan fingerprint density at radius 3 is 2.67 bits per heavy atom. The molecule has 1 aliphatic heterocycles. The second-order valence-corrected chi connectivity index (χ2v) is 9.24. The summed E-state index contributed by atoms with van der Waals surface area (Å²) < 4.78 is 0. The molecule has 0 unspecified atom stereocenters. The zero-order valence-electron chi connectivity index (χ0n) is 17.6. The van der Waals surface area contributed by atoms with Gasteiger partial charge in [-0.05, 0) is 37.7 Å². The van der Waals surface area contributed by atoms with E-state index in [-0.39, 0.29) is 17.7 Å². The average Bonchev–Trinajstić information content (AvgIpc) is 3.21. The summed E-state index contributed by atoms with van der Waals surface area (Å²) in [5.74, 6) is 0.376. The molecule has 7 heteroatoms. The fraction of sp³-hybridized carbons (Fsp3) is 0.522. The maximum absolute atomic E-state index is 12.7. The van der Waals surface area contributed by atoms with E-state index in [0.29, 0.717) is 0 Å². The van der Waals surface area contributed by atoms with Gasteiger partial charge in [0, 0.05) is 50.4 Å². The zero-order chi connectivity index (χ0) is 20.9. The minimum atomic E-state index is 0.0529. The topological polar surface area (TPSA) is 65.5 Å². The molecule has 1 atom stereocenters. The zero-order valence-corrected chi connectivity index (χ0v) is 18.4. The van der Waals surface area contributed by atoms with Crippen molar-refractivity contribution in [2.24, 2.45) is 5.92 Å². The van der Waals surface area contributed by atoms with Gasteiger partial charge in [0.05, 0.1) is 5.69 Å². The third kappa shape index (κ3) is 5.01. The van der Waals surface area contributed by atoms with Gasteiger partial charge in [0.15, 0.2) is 5.13 Å². The van der Waals surface area contributed by atoms with Crippen LogP contribution < -0.4 is 10.2 Å². The quantitative estimate of drug-likeness (QED) is 0.722. The minimum absolute atomic E-state index is 0.0529. The van der Waals surface area contributed by atoms with Crippen molar-refractivity contribution in [1.82, 2.24) is 15.2 Å². The largest absolute Gasteiger partial charge is 0.356 e. The molecule has 30 heavy (non-hydrogen) atoms. The predicted molar refractivity (Wildman–Crippen MR) is 120 cm³/mol. The molecule has 2 aromatic rings. The lowest BCUT2D eigenvalue weighted by Gasteiger charge is -2.33. The van der Waals surface area contributed by atoms with Gasteiger partial charge >= 0.3 is 0 Å². The first-order chi connectivity index (χ1) is 14.6. The van der Waals surface area contributed by atoms with Crippen molar-refractivity contribution in [3.8, 4) is 0 Å². The standard InChI is InChI=1S/C23H30N4O2S/c1-17(28)26-12-14-27(15-13-26)23-25-20-10-9-19(16-21(20)30-23)22(29)24-11-5-8-18-6-3-2-4-7-18/h2-4,6-7,19H,5,8-16H2,1H3,(H,24,29)/t19-/m1/s1. The number of aromatic nitrogens is 1. The van der Waals surface area contributed by atoms with Crippen molar-refractivity contribution >= 4 is 28.3 Å². The molecule has 0 saturated carbocycles. The van der Waals surface area contributed by atoms with Crippen molar-refractivity contribution in [3.05, 3.63) is 46.5 Å². The highest BCUT2D eigenvalue weighted by Crippen LogP contribution is 2.34. The number of fused-ring (bicyclic) bond motifs is 1. The van der Waals surface area contributed by atoms with Crippen LogP contribution in [0.2, 0.25) is 0 Å². The Kier molecular flexibility index (Phi) is 6.67. The molecule has 1 aliphatic carbocycles. The number of nitrogens with zero attached hydrogens (tertiary/aromatic N) is 3. The van der Waals surface area contributed by atoms with E-state index >= 15 is 0 Å². The van der Waals surface area contributed by atoms with Crippen LogP contribution in [-0.2, 0) is 28.9 Å². The molecular formula is C23H30N4O2S. The Bertz CT molecular complexity index is 875. The summed E-state index contributed by atoms with van der Waals surface area (Å²) >= 11 is 1.73. The molecule has 4 rings (SSSR count). The predicted octanol–water partition coefficient (Wildman–Crippen LogP) is 2.67. The number of aryl methyl sites for hydroxylation is 2. The molecule has 2 heterocycles. The molecule has 0 bridgehead atoms. The number of hydrogen-bond acceptors (Lipinski definition) is 5. The molecule has 2 amide bonds. The summed E-state index contributed by atoms with van der Waals surface area (Å²) in [6, 6.07) is 10.4. The van der Waals surface area contributed by atoms with Gasteiger partial charge < -0.3 is 15.1 Å². The van der Waals surface area contributed by atoms with E-state index < -0.39 is 0 Å². The van der Waals surface area contributed by atoms with Gasteiger partial charge in [-0.3, -0.25) is 9.59 Å². The second kappa shape index (κ2) is 9.60. The van der Waals surface area contributed by atoms with Gasteiger partial charge in [0.25, 0.3) is 0 Å². The van der Waals surface area contributed by atoms with Crippen LogP contribution in [0.3, 0.4) is 0 Å². The summed E-state index contributed by atoms with van der Waals surface area (Å²) in [5.41, 5.74) is 2.48. The van der Waals surface area contributed by atoms with E-state index in [2.05, 4.69) is 34.5 Å². The van der Waals surface area contributed by atoms with Gasteiger partial charge in [-0.1, -0.05) is 30.3 Å². The van der Waals surface area contributed by atoms with E-state index in [1.807, 2.05) is 11.0 Å². The van der Waals surface area contributed by atoms with Crippen LogP contribution in [0, 0.1) is 5.92 Å². The van der Waals surface area contributed by atoms with Crippen molar-refractivity contribution in [1.29, 1.82) is 0 Å². The summed E-state index contributed by atoms with van der Waals surface area (Å²) in [5, 5.41) is 4.18. The first-order valence-electron chi connectivity index (χ1n) is 10.9. The van der Waals surface area contributed by atoms with Crippen LogP contribution >= 0.6 is 11.3 Å². The van der Waals surface area contributed by atoms with E-state index in [0.717, 1.165) is 75.7 Å². The number of hydrogen-bond donors (Lipinski definition) is 1. The molecule has 0 radical (unpaired) electrons. The van der Waals surface area contributed by atoms with Crippen molar-refractivity contribution in [3.63, 3.8) is 0 Å². The SMILES string of the molecule is CC(=O)N1CCN(c2nc3c(s2)C[C@H](C(=O)NCCCc2ccccc2)CC3)CC1. The molecule has 6 nitrogen and oxygen atoms in total. The van der Waals surface area contributed by atoms with E-state index in [4.69, 9.17) is 4.98 Å². The number of benzene rings is 1. The number of thiazole rings is 1. The lowest BCUT2D eigenvalue weighted by atomic mass is 9.90. The molecule has 1 aromatic carbocycles. The Hall–Kier alpha value is -2.41. The Labute approximate surface area is 182 Å². The summed E-state index contributed by atoms with van der Waals surface area (Å²) in [7, 11) is 0. The molecule has 160 valence electrons. The molecule has 1 fully saturated rings. The van der Waals surface area contributed by atoms with Crippen LogP contribution in [-0.4, -0.2) is 54.4 Å². The Balaban J connectivity index is 1.25. The fourth-order valence-electron chi connectivity index (χ4n) is 4.23. The fourth-order valence-corrected chi connectivity index (χ4v) is 5.46. The van der Waals surface area contributed by atoms with Crippen molar-refractivity contribution in [2.45, 2.75) is 39.0 Å². The lowest BCUT2D eigenvalue weighted by Crippen LogP contribution is -2.48. The van der Waals surface area contributed by atoms with Crippen LogP contribution in [0.4, 0.5) is 5.13 Å². The molecule has 1 N–H and O–H groups in total. The van der Waals surface area contributed by atoms with Gasteiger partial charge in [0.2, 0.25) is 11.8 Å². The maximum atomic E-state index is 12.7. The third-order valence-electron chi connectivity index (χ3n) is 6.08. The molecule has 2 aliphatic rings. The minimum Gasteiger partial charge on any atom is -0.356 e.